The molecule has 0 unspecified atom stereocenters. The lowest BCUT2D eigenvalue weighted by Crippen LogP contribution is -2.07. The van der Waals surface area contributed by atoms with Gasteiger partial charge in [0.15, 0.2) is 0 Å². The Morgan fingerprint density at radius 3 is 2.31 bits per heavy atom. The summed E-state index contributed by atoms with van der Waals surface area (Å²) < 4.78 is 9.54. The first-order valence-electron chi connectivity index (χ1n) is 9.78. The van der Waals surface area contributed by atoms with Gasteiger partial charge in [0.25, 0.3) is 0 Å². The van der Waals surface area contributed by atoms with Gasteiger partial charge in [-0.2, -0.15) is 14.6 Å². The van der Waals surface area contributed by atoms with Crippen molar-refractivity contribution < 1.29 is 9.53 Å². The maximum absolute atomic E-state index is 12.5. The number of benzene rings is 2. The minimum absolute atomic E-state index is 0.272. The van der Waals surface area contributed by atoms with Crippen LogP contribution in [0.2, 0.25) is 5.02 Å². The summed E-state index contributed by atoms with van der Waals surface area (Å²) >= 11 is 6.55. The van der Waals surface area contributed by atoms with E-state index in [0.29, 0.717) is 27.7 Å². The van der Waals surface area contributed by atoms with Crippen LogP contribution in [0.15, 0.2) is 58.8 Å². The molecule has 1 aliphatic carbocycles. The molecular formula is C22H20ClN5O2S2. The molecule has 0 saturated heterocycles. The van der Waals surface area contributed by atoms with Crippen molar-refractivity contribution in [1.82, 2.24) is 4.37 Å². The number of carbonyl (C=O) groups is 1. The van der Waals surface area contributed by atoms with E-state index in [0.717, 1.165) is 21.9 Å². The van der Waals surface area contributed by atoms with E-state index in [-0.39, 0.29) is 6.61 Å². The summed E-state index contributed by atoms with van der Waals surface area (Å²) in [5, 5.41) is 12.3. The summed E-state index contributed by atoms with van der Waals surface area (Å²) in [6.07, 6.45) is 0. The monoisotopic (exact) mass is 485 g/mol. The molecule has 164 valence electrons. The van der Waals surface area contributed by atoms with E-state index < -0.39 is 5.97 Å². The molecular weight excluding hydrogens is 466 g/mol. The van der Waals surface area contributed by atoms with Crippen LogP contribution in [0.25, 0.3) is 10.6 Å². The Labute approximate surface area is 198 Å². The first-order chi connectivity index (χ1) is 15.5. The molecule has 2 aromatic rings. The maximum Gasteiger partial charge on any atom is 0.342 e. The highest BCUT2D eigenvalue weighted by molar-refractivity contribution is 7.68. The molecule has 1 aliphatic heterocycles. The number of rotatable bonds is 7. The van der Waals surface area contributed by atoms with Gasteiger partial charge in [0, 0.05) is 36.0 Å². The van der Waals surface area contributed by atoms with Crippen LogP contribution in [-0.2, 0) is 4.74 Å². The Morgan fingerprint density at radius 1 is 1.09 bits per heavy atom. The van der Waals surface area contributed by atoms with Crippen LogP contribution >= 0.6 is 32.5 Å². The number of hydrogen-bond donors (Lipinski definition) is 1. The molecule has 32 heavy (non-hydrogen) atoms. The molecule has 0 saturated carbocycles. The minimum Gasteiger partial charge on any atom is -0.462 e. The number of aromatic nitrogens is 1. The fraction of sp³-hybridized carbons (Fsp3) is 0.182. The predicted octanol–water partition coefficient (Wildman–Crippen LogP) is 7.36. The van der Waals surface area contributed by atoms with Crippen LogP contribution in [0.5, 0.6) is 0 Å². The molecule has 0 spiro atoms. The van der Waals surface area contributed by atoms with E-state index in [1.807, 2.05) is 67.5 Å². The van der Waals surface area contributed by atoms with Crippen molar-refractivity contribution in [2.45, 2.75) is 6.92 Å². The summed E-state index contributed by atoms with van der Waals surface area (Å²) in [5.74, 6) is -0.448. The quantitative estimate of drug-likeness (QED) is 0.168. The zero-order valence-electron chi connectivity index (χ0n) is 17.6. The summed E-state index contributed by atoms with van der Waals surface area (Å²) in [4.78, 5) is 15.3. The SMILES string of the molecule is CCOC(=O)c1c2nssc-2c(Cl)c1Nc1ccc(N=Nc2ccc(N(C)C)cc2)cc1. The highest BCUT2D eigenvalue weighted by atomic mass is 35.5. The number of ether oxygens (including phenoxy) is 1. The molecule has 1 N–H and O–H groups in total. The summed E-state index contributed by atoms with van der Waals surface area (Å²) in [6, 6.07) is 15.2. The molecule has 0 amide bonds. The van der Waals surface area contributed by atoms with Crippen LogP contribution in [-0.4, -0.2) is 31.0 Å². The number of hydrogen-bond acceptors (Lipinski definition) is 9. The first kappa shape index (κ1) is 22.2. The van der Waals surface area contributed by atoms with E-state index in [4.69, 9.17) is 16.3 Å². The van der Waals surface area contributed by atoms with Crippen molar-refractivity contribution in [3.8, 4) is 10.6 Å². The Hall–Kier alpha value is -3.01. The molecule has 0 aromatic heterocycles. The molecule has 7 nitrogen and oxygen atoms in total. The summed E-state index contributed by atoms with van der Waals surface area (Å²) in [7, 11) is 6.70. The van der Waals surface area contributed by atoms with Gasteiger partial charge in [-0.15, -0.1) is 0 Å². The third-order valence-electron chi connectivity index (χ3n) is 4.63. The van der Waals surface area contributed by atoms with Crippen molar-refractivity contribution >= 4 is 66.9 Å². The zero-order chi connectivity index (χ0) is 22.7. The molecule has 2 aliphatic rings. The molecule has 4 rings (SSSR count). The lowest BCUT2D eigenvalue weighted by molar-refractivity contribution is 0.0528. The average Bonchev–Trinajstić information content (AvgIpc) is 3.36. The molecule has 0 radical (unpaired) electrons. The van der Waals surface area contributed by atoms with Gasteiger partial charge < -0.3 is 15.0 Å². The standard InChI is InChI=1S/C22H20ClN5O2S2/c1-4-30-22(29)17-19(18(23)21-20(17)27-32-31-21)24-13-5-7-14(8-6-13)25-26-15-9-11-16(12-10-15)28(2)3/h5-12,24H,4H2,1-3H3. The molecule has 10 heteroatoms. The first-order valence-corrected chi connectivity index (χ1v) is 12.3. The topological polar surface area (TPSA) is 79.2 Å². The number of nitrogens with zero attached hydrogens (tertiary/aromatic N) is 4. The van der Waals surface area contributed by atoms with Gasteiger partial charge in [-0.05, 0) is 55.5 Å². The lowest BCUT2D eigenvalue weighted by Gasteiger charge is -2.11. The number of azo groups is 1. The molecule has 0 atom stereocenters. The molecule has 0 bridgehead atoms. The number of carbonyl (C=O) groups excluding carboxylic acids is 1. The van der Waals surface area contributed by atoms with Crippen molar-refractivity contribution in [3.63, 3.8) is 0 Å². The second-order valence-corrected chi connectivity index (χ2v) is 9.23. The van der Waals surface area contributed by atoms with Crippen molar-refractivity contribution in [3.05, 3.63) is 59.1 Å². The van der Waals surface area contributed by atoms with E-state index in [9.17, 15) is 4.79 Å². The number of fused-ring (bicyclic) bond motifs is 1. The zero-order valence-corrected chi connectivity index (χ0v) is 20.0. The van der Waals surface area contributed by atoms with Gasteiger partial charge in [-0.3, -0.25) is 0 Å². The molecule has 0 fully saturated rings. The van der Waals surface area contributed by atoms with Gasteiger partial charge in [0.2, 0.25) is 0 Å². The lowest BCUT2D eigenvalue weighted by atomic mass is 10.2. The van der Waals surface area contributed by atoms with Crippen LogP contribution in [0.4, 0.5) is 28.4 Å². The van der Waals surface area contributed by atoms with Gasteiger partial charge in [-0.1, -0.05) is 21.9 Å². The third kappa shape index (κ3) is 4.59. The average molecular weight is 486 g/mol. The second kappa shape index (κ2) is 9.64. The Morgan fingerprint density at radius 2 is 1.72 bits per heavy atom. The summed E-state index contributed by atoms with van der Waals surface area (Å²) in [6.45, 7) is 2.04. The van der Waals surface area contributed by atoms with Gasteiger partial charge in [0.05, 0.1) is 33.6 Å². The van der Waals surface area contributed by atoms with E-state index in [1.54, 1.807) is 6.92 Å². The van der Waals surface area contributed by atoms with Crippen LogP contribution in [0.3, 0.4) is 0 Å². The van der Waals surface area contributed by atoms with E-state index >= 15 is 0 Å². The maximum atomic E-state index is 12.5. The Bertz CT molecular complexity index is 1220. The number of anilines is 3. The van der Waals surface area contributed by atoms with Crippen LogP contribution in [0.1, 0.15) is 17.3 Å². The Kier molecular flexibility index (Phi) is 6.69. The summed E-state index contributed by atoms with van der Waals surface area (Å²) in [5.41, 5.74) is 4.76. The highest BCUT2D eigenvalue weighted by Crippen LogP contribution is 2.48. The van der Waals surface area contributed by atoms with Crippen molar-refractivity contribution in [2.75, 3.05) is 30.9 Å². The fourth-order valence-electron chi connectivity index (χ4n) is 3.02. The van der Waals surface area contributed by atoms with Crippen LogP contribution in [0, 0.1) is 0 Å². The number of nitrogens with one attached hydrogen (secondary N) is 1. The largest absolute Gasteiger partial charge is 0.462 e. The number of halogens is 1. The molecule has 2 aromatic carbocycles. The number of esters is 1. The van der Waals surface area contributed by atoms with Crippen molar-refractivity contribution in [1.29, 1.82) is 0 Å². The van der Waals surface area contributed by atoms with Gasteiger partial charge in [0.1, 0.15) is 11.3 Å². The smallest absolute Gasteiger partial charge is 0.342 e. The molecule has 1 heterocycles. The third-order valence-corrected chi connectivity index (χ3v) is 6.97. The highest BCUT2D eigenvalue weighted by Gasteiger charge is 2.31. The van der Waals surface area contributed by atoms with Crippen molar-refractivity contribution in [2.24, 2.45) is 10.2 Å². The minimum atomic E-state index is -0.448. The predicted molar refractivity (Wildman–Crippen MR) is 132 cm³/mol. The van der Waals surface area contributed by atoms with Gasteiger partial charge >= 0.3 is 5.97 Å². The van der Waals surface area contributed by atoms with E-state index in [1.165, 1.54) is 20.9 Å². The van der Waals surface area contributed by atoms with Gasteiger partial charge in [-0.25, -0.2) is 4.79 Å². The normalized spacial score (nSPS) is 11.2. The van der Waals surface area contributed by atoms with E-state index in [2.05, 4.69) is 19.9 Å². The second-order valence-electron chi connectivity index (χ2n) is 6.99. The Balaban J connectivity index is 1.53. The van der Waals surface area contributed by atoms with Crippen LogP contribution < -0.4 is 10.2 Å². The fourth-order valence-corrected chi connectivity index (χ4v) is 5.38.